The maximum absolute atomic E-state index is 11.7. The highest BCUT2D eigenvalue weighted by Crippen LogP contribution is 2.31. The molecule has 2 rings (SSSR count). The van der Waals surface area contributed by atoms with Gasteiger partial charge in [-0.2, -0.15) is 4.37 Å². The molecule has 0 atom stereocenters. The van der Waals surface area contributed by atoms with Crippen molar-refractivity contribution in [3.8, 4) is 0 Å². The van der Waals surface area contributed by atoms with E-state index in [2.05, 4.69) is 9.69 Å². The second-order valence-electron chi connectivity index (χ2n) is 4.28. The number of nitrogens with zero attached hydrogens (tertiary/aromatic N) is 1. The van der Waals surface area contributed by atoms with Crippen LogP contribution in [-0.4, -0.2) is 19.0 Å². The van der Waals surface area contributed by atoms with Crippen LogP contribution in [0.4, 0.5) is 10.8 Å². The van der Waals surface area contributed by atoms with E-state index in [0.717, 1.165) is 28.9 Å². The van der Waals surface area contributed by atoms with E-state index in [1.165, 1.54) is 0 Å². The molecular weight excluding hydrogens is 282 g/mol. The first-order chi connectivity index (χ1) is 8.89. The van der Waals surface area contributed by atoms with Gasteiger partial charge >= 0.3 is 0 Å². The number of hydrogen-bond donors (Lipinski definition) is 2. The predicted molar refractivity (Wildman–Crippen MR) is 78.1 cm³/mol. The Morgan fingerprint density at radius 1 is 1.37 bits per heavy atom. The number of aryl methyl sites for hydroxylation is 1. The van der Waals surface area contributed by atoms with E-state index in [-0.39, 0.29) is 10.7 Å². The molecule has 0 saturated carbocycles. The summed E-state index contributed by atoms with van der Waals surface area (Å²) in [7, 11) is -3.37. The molecule has 0 bridgehead atoms. The number of benzene rings is 1. The van der Waals surface area contributed by atoms with Crippen molar-refractivity contribution in [3.63, 3.8) is 0 Å². The highest BCUT2D eigenvalue weighted by Gasteiger charge is 2.21. The lowest BCUT2D eigenvalue weighted by Gasteiger charge is -2.08. The minimum absolute atomic E-state index is 0.0554. The van der Waals surface area contributed by atoms with Gasteiger partial charge < -0.3 is 11.1 Å². The Morgan fingerprint density at radius 2 is 2.05 bits per heavy atom. The number of aromatic nitrogens is 1. The summed E-state index contributed by atoms with van der Waals surface area (Å²) in [4.78, 5) is 0.0890. The first-order valence-electron chi connectivity index (χ1n) is 5.63. The molecule has 0 radical (unpaired) electrons. The number of anilines is 2. The lowest BCUT2D eigenvalue weighted by molar-refractivity contribution is 0.602. The number of rotatable bonds is 4. The van der Waals surface area contributed by atoms with Gasteiger partial charge in [0.05, 0.1) is 0 Å². The van der Waals surface area contributed by atoms with Crippen molar-refractivity contribution in [2.75, 3.05) is 17.3 Å². The second kappa shape index (κ2) is 5.18. The fraction of sp³-hybridized carbons (Fsp3) is 0.250. The van der Waals surface area contributed by atoms with Crippen LogP contribution in [0.1, 0.15) is 11.1 Å². The largest absolute Gasteiger partial charge is 0.382 e. The van der Waals surface area contributed by atoms with Gasteiger partial charge in [-0.3, -0.25) is 0 Å². The molecule has 5 nitrogen and oxygen atoms in total. The normalized spacial score (nSPS) is 11.5. The van der Waals surface area contributed by atoms with Gasteiger partial charge in [0.1, 0.15) is 9.90 Å². The maximum atomic E-state index is 11.7. The molecule has 102 valence electrons. The fourth-order valence-electron chi connectivity index (χ4n) is 1.75. The Labute approximate surface area is 116 Å². The first kappa shape index (κ1) is 13.8. The molecule has 3 N–H and O–H groups in total. The number of nitrogens with one attached hydrogen (secondary N) is 1. The maximum Gasteiger partial charge on any atom is 0.182 e. The predicted octanol–water partition coefficient (Wildman–Crippen LogP) is 2.05. The summed E-state index contributed by atoms with van der Waals surface area (Å²) >= 11 is 1.06. The first-order valence-corrected chi connectivity index (χ1v) is 8.29. The zero-order valence-corrected chi connectivity index (χ0v) is 12.3. The van der Waals surface area contributed by atoms with Gasteiger partial charge in [0, 0.05) is 12.8 Å². The van der Waals surface area contributed by atoms with Crippen molar-refractivity contribution in [3.05, 3.63) is 35.4 Å². The zero-order valence-electron chi connectivity index (χ0n) is 10.7. The van der Waals surface area contributed by atoms with E-state index in [0.29, 0.717) is 11.5 Å². The molecule has 0 fully saturated rings. The smallest absolute Gasteiger partial charge is 0.182 e. The highest BCUT2D eigenvalue weighted by atomic mass is 32.2. The molecule has 0 saturated heterocycles. The van der Waals surface area contributed by atoms with Crippen LogP contribution in [0.15, 0.2) is 29.2 Å². The minimum Gasteiger partial charge on any atom is -0.382 e. The summed E-state index contributed by atoms with van der Waals surface area (Å²) in [5.74, 6) is 0.0554. The molecule has 0 aliphatic rings. The number of nitrogen functional groups attached to an aromatic ring is 1. The number of nitrogens with two attached hydrogens (primary N) is 1. The average molecular weight is 297 g/mol. The van der Waals surface area contributed by atoms with E-state index >= 15 is 0 Å². The van der Waals surface area contributed by atoms with Gasteiger partial charge in [0.15, 0.2) is 15.7 Å². The molecule has 0 aliphatic heterocycles. The lowest BCUT2D eigenvalue weighted by atomic mass is 10.1. The van der Waals surface area contributed by atoms with Gasteiger partial charge in [-0.25, -0.2) is 8.42 Å². The third-order valence-corrected chi connectivity index (χ3v) is 4.85. The van der Waals surface area contributed by atoms with Crippen molar-refractivity contribution in [1.82, 2.24) is 4.37 Å². The summed E-state index contributed by atoms with van der Waals surface area (Å²) in [6.07, 6.45) is 1.13. The second-order valence-corrected chi connectivity index (χ2v) is 7.00. The van der Waals surface area contributed by atoms with Crippen molar-refractivity contribution in [2.24, 2.45) is 0 Å². The van der Waals surface area contributed by atoms with E-state index < -0.39 is 9.84 Å². The van der Waals surface area contributed by atoms with Crippen molar-refractivity contribution < 1.29 is 8.42 Å². The van der Waals surface area contributed by atoms with E-state index in [1.807, 2.05) is 31.2 Å². The van der Waals surface area contributed by atoms with Crippen LogP contribution in [0.3, 0.4) is 0 Å². The molecule has 1 heterocycles. The standard InChI is InChI=1S/C12H15N3O2S2/c1-8-5-3-4-6-9(8)7-14-12-10(19(2,16)17)11(13)15-18-12/h3-6,14H,7H2,1-2H3,(H2,13,15). The van der Waals surface area contributed by atoms with Crippen LogP contribution < -0.4 is 11.1 Å². The Balaban J connectivity index is 2.24. The van der Waals surface area contributed by atoms with Crippen LogP contribution in [0.5, 0.6) is 0 Å². The van der Waals surface area contributed by atoms with E-state index in [9.17, 15) is 8.42 Å². The third-order valence-electron chi connectivity index (χ3n) is 2.75. The van der Waals surface area contributed by atoms with E-state index in [4.69, 9.17) is 5.73 Å². The molecule has 19 heavy (non-hydrogen) atoms. The molecule has 0 spiro atoms. The summed E-state index contributed by atoms with van der Waals surface area (Å²) in [6.45, 7) is 2.55. The summed E-state index contributed by atoms with van der Waals surface area (Å²) in [5, 5.41) is 3.58. The van der Waals surface area contributed by atoms with Gasteiger partial charge in [-0.05, 0) is 29.6 Å². The summed E-state index contributed by atoms with van der Waals surface area (Å²) in [5.41, 5.74) is 7.86. The van der Waals surface area contributed by atoms with Gasteiger partial charge in [0.25, 0.3) is 0 Å². The Hall–Kier alpha value is -1.60. The minimum atomic E-state index is -3.37. The van der Waals surface area contributed by atoms with Crippen molar-refractivity contribution >= 4 is 32.2 Å². The molecule has 0 unspecified atom stereocenters. The quantitative estimate of drug-likeness (QED) is 0.902. The third kappa shape index (κ3) is 3.05. The van der Waals surface area contributed by atoms with Gasteiger partial charge in [0.2, 0.25) is 0 Å². The Bertz CT molecular complexity index is 693. The van der Waals surface area contributed by atoms with E-state index in [1.54, 1.807) is 0 Å². The Kier molecular flexibility index (Phi) is 3.77. The molecule has 1 aromatic carbocycles. The Morgan fingerprint density at radius 3 is 2.68 bits per heavy atom. The molecule has 1 aromatic heterocycles. The number of sulfone groups is 1. The molecule has 0 aliphatic carbocycles. The van der Waals surface area contributed by atoms with Crippen molar-refractivity contribution in [2.45, 2.75) is 18.4 Å². The van der Waals surface area contributed by atoms with Crippen LogP contribution in [0.2, 0.25) is 0 Å². The zero-order chi connectivity index (χ0) is 14.0. The molecule has 7 heteroatoms. The lowest BCUT2D eigenvalue weighted by Crippen LogP contribution is -2.06. The average Bonchev–Trinajstić information content (AvgIpc) is 2.69. The van der Waals surface area contributed by atoms with Crippen molar-refractivity contribution in [1.29, 1.82) is 0 Å². The van der Waals surface area contributed by atoms with Crippen LogP contribution in [0, 0.1) is 6.92 Å². The van der Waals surface area contributed by atoms with Crippen LogP contribution in [-0.2, 0) is 16.4 Å². The fourth-order valence-corrected chi connectivity index (χ4v) is 3.81. The van der Waals surface area contributed by atoms with Crippen LogP contribution in [0.25, 0.3) is 0 Å². The topological polar surface area (TPSA) is 85.1 Å². The summed E-state index contributed by atoms with van der Waals surface area (Å²) in [6, 6.07) is 7.91. The molecule has 2 aromatic rings. The SMILES string of the molecule is Cc1ccccc1CNc1snc(N)c1S(C)(=O)=O. The monoisotopic (exact) mass is 297 g/mol. The molecular formula is C12H15N3O2S2. The highest BCUT2D eigenvalue weighted by molar-refractivity contribution is 7.91. The molecule has 0 amide bonds. The summed E-state index contributed by atoms with van der Waals surface area (Å²) < 4.78 is 27.2. The van der Waals surface area contributed by atoms with Gasteiger partial charge in [-0.1, -0.05) is 24.3 Å². The van der Waals surface area contributed by atoms with Gasteiger partial charge in [-0.15, -0.1) is 0 Å². The van der Waals surface area contributed by atoms with Crippen LogP contribution >= 0.6 is 11.5 Å². The number of hydrogen-bond acceptors (Lipinski definition) is 6.